The molecule has 6 heteroatoms. The smallest absolute Gasteiger partial charge is 0.237 e. The highest BCUT2D eigenvalue weighted by Gasteiger charge is 2.30. The Morgan fingerprint density at radius 3 is 3.05 bits per heavy atom. The normalized spacial score (nSPS) is 29.4. The molecule has 1 aliphatic heterocycles. The van der Waals surface area contributed by atoms with Gasteiger partial charge in [-0.15, -0.1) is 0 Å². The standard InChI is InChI=1S/C14H21N3O3/c1-17-7-8-19-12(9-17)13-15-14(20-16-13)10-5-3-2-4-6-11(10)18/h10,12H,2-9H2,1H3. The Morgan fingerprint density at radius 2 is 2.20 bits per heavy atom. The van der Waals surface area contributed by atoms with Gasteiger partial charge in [0.05, 0.1) is 12.5 Å². The lowest BCUT2D eigenvalue weighted by molar-refractivity contribution is -0.120. The van der Waals surface area contributed by atoms with Crippen molar-refractivity contribution < 1.29 is 14.1 Å². The molecule has 1 saturated heterocycles. The Labute approximate surface area is 118 Å². The predicted octanol–water partition coefficient (Wildman–Crippen LogP) is 1.69. The van der Waals surface area contributed by atoms with E-state index in [4.69, 9.17) is 9.26 Å². The Morgan fingerprint density at radius 1 is 1.30 bits per heavy atom. The van der Waals surface area contributed by atoms with Gasteiger partial charge in [0.2, 0.25) is 11.7 Å². The van der Waals surface area contributed by atoms with Crippen LogP contribution in [0, 0.1) is 0 Å². The van der Waals surface area contributed by atoms with Gasteiger partial charge in [-0.25, -0.2) is 0 Å². The maximum atomic E-state index is 12.1. The van der Waals surface area contributed by atoms with E-state index in [1.807, 2.05) is 7.05 Å². The zero-order valence-electron chi connectivity index (χ0n) is 11.9. The second-order valence-corrected chi connectivity index (χ2v) is 5.73. The first kappa shape index (κ1) is 13.7. The SMILES string of the molecule is CN1CCOC(c2noc(C3CCCCCC3=O)n2)C1. The summed E-state index contributed by atoms with van der Waals surface area (Å²) in [5.74, 6) is 1.08. The van der Waals surface area contributed by atoms with Crippen LogP contribution in [0.5, 0.6) is 0 Å². The fraction of sp³-hybridized carbons (Fsp3) is 0.786. The fourth-order valence-corrected chi connectivity index (χ4v) is 2.87. The van der Waals surface area contributed by atoms with Gasteiger partial charge < -0.3 is 14.2 Å². The molecule has 0 bridgehead atoms. The lowest BCUT2D eigenvalue weighted by atomic mass is 9.99. The Hall–Kier alpha value is -1.27. The minimum Gasteiger partial charge on any atom is -0.367 e. The molecule has 2 atom stereocenters. The number of carbonyl (C=O) groups is 1. The molecule has 2 unspecified atom stereocenters. The second kappa shape index (κ2) is 6.01. The van der Waals surface area contributed by atoms with Crippen LogP contribution in [0.3, 0.4) is 0 Å². The van der Waals surface area contributed by atoms with Crippen molar-refractivity contribution in [2.24, 2.45) is 0 Å². The van der Waals surface area contributed by atoms with Crippen LogP contribution in [0.4, 0.5) is 0 Å². The third kappa shape index (κ3) is 2.91. The van der Waals surface area contributed by atoms with Crippen molar-refractivity contribution in [3.05, 3.63) is 11.7 Å². The first-order chi connectivity index (χ1) is 9.74. The molecule has 0 radical (unpaired) electrons. The molecular formula is C14H21N3O3. The molecular weight excluding hydrogens is 258 g/mol. The summed E-state index contributed by atoms with van der Waals surface area (Å²) >= 11 is 0. The molecule has 1 aromatic heterocycles. The Kier molecular flexibility index (Phi) is 4.12. The summed E-state index contributed by atoms with van der Waals surface area (Å²) in [6.45, 7) is 2.35. The molecule has 3 rings (SSSR count). The maximum absolute atomic E-state index is 12.1. The van der Waals surface area contributed by atoms with Gasteiger partial charge in [0.15, 0.2) is 0 Å². The maximum Gasteiger partial charge on any atom is 0.237 e. The molecule has 1 aliphatic carbocycles. The average Bonchev–Trinajstić information content (AvgIpc) is 2.82. The molecule has 2 fully saturated rings. The van der Waals surface area contributed by atoms with Crippen molar-refractivity contribution in [1.29, 1.82) is 0 Å². The van der Waals surface area contributed by atoms with E-state index in [1.54, 1.807) is 0 Å². The number of likely N-dealkylation sites (N-methyl/N-ethyl adjacent to an activating group) is 1. The minimum atomic E-state index is -0.208. The van der Waals surface area contributed by atoms with Crippen molar-refractivity contribution in [3.63, 3.8) is 0 Å². The zero-order chi connectivity index (χ0) is 13.9. The number of ketones is 1. The van der Waals surface area contributed by atoms with E-state index < -0.39 is 0 Å². The van der Waals surface area contributed by atoms with Crippen LogP contribution in [-0.2, 0) is 9.53 Å². The number of nitrogens with zero attached hydrogens (tertiary/aromatic N) is 3. The van der Waals surface area contributed by atoms with Crippen LogP contribution in [0.25, 0.3) is 0 Å². The number of rotatable bonds is 2. The lowest BCUT2D eigenvalue weighted by Crippen LogP contribution is -2.35. The van der Waals surface area contributed by atoms with E-state index in [-0.39, 0.29) is 17.8 Å². The third-order valence-corrected chi connectivity index (χ3v) is 4.12. The van der Waals surface area contributed by atoms with Crippen molar-refractivity contribution in [3.8, 4) is 0 Å². The van der Waals surface area contributed by atoms with Crippen molar-refractivity contribution in [1.82, 2.24) is 15.0 Å². The average molecular weight is 279 g/mol. The summed E-state index contributed by atoms with van der Waals surface area (Å²) in [4.78, 5) is 18.7. The van der Waals surface area contributed by atoms with Crippen molar-refractivity contribution >= 4 is 5.78 Å². The van der Waals surface area contributed by atoms with E-state index >= 15 is 0 Å². The molecule has 6 nitrogen and oxygen atoms in total. The number of ether oxygens (including phenoxy) is 1. The second-order valence-electron chi connectivity index (χ2n) is 5.73. The highest BCUT2D eigenvalue weighted by molar-refractivity contribution is 5.84. The monoisotopic (exact) mass is 279 g/mol. The van der Waals surface area contributed by atoms with Crippen molar-refractivity contribution in [2.45, 2.75) is 44.1 Å². The third-order valence-electron chi connectivity index (χ3n) is 4.12. The summed E-state index contributed by atoms with van der Waals surface area (Å²) in [7, 11) is 2.05. The van der Waals surface area contributed by atoms with Gasteiger partial charge in [0.1, 0.15) is 11.9 Å². The Balaban J connectivity index is 1.73. The van der Waals surface area contributed by atoms with E-state index in [0.29, 0.717) is 24.7 Å². The molecule has 0 aromatic carbocycles. The van der Waals surface area contributed by atoms with Crippen molar-refractivity contribution in [2.75, 3.05) is 26.7 Å². The molecule has 0 spiro atoms. The van der Waals surface area contributed by atoms with Crippen LogP contribution in [0.15, 0.2) is 4.52 Å². The molecule has 0 N–H and O–H groups in total. The molecule has 0 amide bonds. The van der Waals surface area contributed by atoms with Gasteiger partial charge in [-0.05, 0) is 19.9 Å². The van der Waals surface area contributed by atoms with E-state index in [1.165, 1.54) is 0 Å². The van der Waals surface area contributed by atoms with Gasteiger partial charge >= 0.3 is 0 Å². The van der Waals surface area contributed by atoms with Gasteiger partial charge in [-0.2, -0.15) is 4.98 Å². The van der Waals surface area contributed by atoms with E-state index in [9.17, 15) is 4.79 Å². The summed E-state index contributed by atoms with van der Waals surface area (Å²) in [5, 5.41) is 4.02. The first-order valence-corrected chi connectivity index (χ1v) is 7.40. The van der Waals surface area contributed by atoms with Crippen LogP contribution in [0.2, 0.25) is 0 Å². The summed E-state index contributed by atoms with van der Waals surface area (Å²) in [6.07, 6.45) is 4.45. The molecule has 20 heavy (non-hydrogen) atoms. The number of hydrogen-bond acceptors (Lipinski definition) is 6. The van der Waals surface area contributed by atoms with Gasteiger partial charge in [0.25, 0.3) is 0 Å². The summed E-state index contributed by atoms with van der Waals surface area (Å²) in [6, 6.07) is 0. The summed E-state index contributed by atoms with van der Waals surface area (Å²) < 4.78 is 11.0. The highest BCUT2D eigenvalue weighted by atomic mass is 16.5. The number of aromatic nitrogens is 2. The van der Waals surface area contributed by atoms with Gasteiger partial charge in [0, 0.05) is 19.5 Å². The van der Waals surface area contributed by atoms with Gasteiger partial charge in [-0.3, -0.25) is 4.79 Å². The van der Waals surface area contributed by atoms with E-state index in [0.717, 1.165) is 38.8 Å². The first-order valence-electron chi connectivity index (χ1n) is 7.40. The number of Topliss-reactive ketones (excluding diaryl/α,β-unsaturated/α-hetero) is 1. The molecule has 110 valence electrons. The zero-order valence-corrected chi connectivity index (χ0v) is 11.9. The van der Waals surface area contributed by atoms with Crippen LogP contribution >= 0.6 is 0 Å². The largest absolute Gasteiger partial charge is 0.367 e. The Bertz CT molecular complexity index is 474. The molecule has 1 aromatic rings. The molecule has 2 heterocycles. The quantitative estimate of drug-likeness (QED) is 0.767. The van der Waals surface area contributed by atoms with Gasteiger partial charge in [-0.1, -0.05) is 18.0 Å². The summed E-state index contributed by atoms with van der Waals surface area (Å²) in [5.41, 5.74) is 0. The fourth-order valence-electron chi connectivity index (χ4n) is 2.87. The van der Waals surface area contributed by atoms with Crippen LogP contribution < -0.4 is 0 Å². The minimum absolute atomic E-state index is 0.146. The molecule has 2 aliphatic rings. The topological polar surface area (TPSA) is 68.5 Å². The van der Waals surface area contributed by atoms with Crippen LogP contribution in [-0.4, -0.2) is 47.6 Å². The van der Waals surface area contributed by atoms with E-state index in [2.05, 4.69) is 15.0 Å². The highest BCUT2D eigenvalue weighted by Crippen LogP contribution is 2.29. The number of carbonyl (C=O) groups excluding carboxylic acids is 1. The number of morpholine rings is 1. The molecule has 1 saturated carbocycles. The predicted molar refractivity (Wildman–Crippen MR) is 71.3 cm³/mol. The number of hydrogen-bond donors (Lipinski definition) is 0. The van der Waals surface area contributed by atoms with Crippen LogP contribution in [0.1, 0.15) is 55.8 Å². The lowest BCUT2D eigenvalue weighted by Gasteiger charge is -2.27.